The molecular weight excluding hydrogens is 503 g/mol. The van der Waals surface area contributed by atoms with E-state index in [4.69, 9.17) is 0 Å². The van der Waals surface area contributed by atoms with Gasteiger partial charge in [-0.05, 0) is 79.5 Å². The number of unbranched alkanes of at least 4 members (excludes halogenated alkanes) is 2. The first-order valence-electron chi connectivity index (χ1n) is 14.7. The van der Waals surface area contributed by atoms with Crippen LogP contribution >= 0.6 is 7.14 Å². The Morgan fingerprint density at radius 1 is 0.500 bits per heavy atom. The van der Waals surface area contributed by atoms with Gasteiger partial charge in [-0.2, -0.15) is 0 Å². The third-order valence-electron chi connectivity index (χ3n) is 8.32. The zero-order chi connectivity index (χ0) is 27.5. The molecule has 6 rings (SSSR count). The van der Waals surface area contributed by atoms with Crippen LogP contribution in [0.5, 0.6) is 0 Å². The van der Waals surface area contributed by atoms with Crippen molar-refractivity contribution >= 4 is 44.8 Å². The Bertz CT molecular complexity index is 1800. The smallest absolute Gasteiger partial charge is 0.115 e. The topological polar surface area (TPSA) is 17.1 Å². The van der Waals surface area contributed by atoms with E-state index in [1.807, 2.05) is 0 Å². The van der Waals surface area contributed by atoms with Crippen molar-refractivity contribution in [3.63, 3.8) is 0 Å². The van der Waals surface area contributed by atoms with Gasteiger partial charge in [-0.25, -0.2) is 0 Å². The summed E-state index contributed by atoms with van der Waals surface area (Å²) in [5.74, 6) is 0. The maximum atomic E-state index is 14.4. The first kappa shape index (κ1) is 26.5. The number of rotatable bonds is 9. The second kappa shape index (κ2) is 11.4. The van der Waals surface area contributed by atoms with Crippen molar-refractivity contribution < 1.29 is 4.57 Å². The van der Waals surface area contributed by atoms with Gasteiger partial charge in [0.1, 0.15) is 7.14 Å². The highest BCUT2D eigenvalue weighted by atomic mass is 31.2. The summed E-state index contributed by atoms with van der Waals surface area (Å²) in [6.45, 7) is 4.38. The summed E-state index contributed by atoms with van der Waals surface area (Å²) < 4.78 is 14.4. The van der Waals surface area contributed by atoms with Gasteiger partial charge in [0.05, 0.1) is 0 Å². The molecule has 0 unspecified atom stereocenters. The summed E-state index contributed by atoms with van der Waals surface area (Å²) in [5.41, 5.74) is 4.89. The van der Waals surface area contributed by atoms with Crippen molar-refractivity contribution in [1.82, 2.24) is 0 Å². The Labute approximate surface area is 238 Å². The van der Waals surface area contributed by atoms with E-state index < -0.39 is 7.14 Å². The van der Waals surface area contributed by atoms with Gasteiger partial charge >= 0.3 is 0 Å². The molecule has 40 heavy (non-hydrogen) atoms. The van der Waals surface area contributed by atoms with E-state index in [-0.39, 0.29) is 0 Å². The fourth-order valence-corrected chi connectivity index (χ4v) is 9.33. The second-order valence-corrected chi connectivity index (χ2v) is 14.2. The van der Waals surface area contributed by atoms with Gasteiger partial charge in [-0.15, -0.1) is 0 Å². The molecule has 0 atom stereocenters. The molecular formula is C38H37OP. The summed E-state index contributed by atoms with van der Waals surface area (Å²) >= 11 is 0. The fourth-order valence-electron chi connectivity index (χ4n) is 6.21. The molecule has 0 heterocycles. The lowest BCUT2D eigenvalue weighted by Gasteiger charge is -2.21. The van der Waals surface area contributed by atoms with Crippen LogP contribution in [0.3, 0.4) is 0 Å². The quantitative estimate of drug-likeness (QED) is 0.132. The molecule has 0 saturated heterocycles. The van der Waals surface area contributed by atoms with Gasteiger partial charge in [0.2, 0.25) is 0 Å². The molecule has 0 aliphatic heterocycles. The molecule has 0 bridgehead atoms. The molecule has 0 spiro atoms. The Morgan fingerprint density at radius 3 is 1.55 bits per heavy atom. The molecule has 0 aliphatic rings. The molecule has 0 saturated carbocycles. The molecule has 0 aromatic heterocycles. The summed E-state index contributed by atoms with van der Waals surface area (Å²) in [6.07, 6.45) is 5.77. The van der Waals surface area contributed by atoms with Crippen LogP contribution in [0.15, 0.2) is 115 Å². The maximum Gasteiger partial charge on any atom is 0.115 e. The molecule has 0 N–H and O–H groups in total. The van der Waals surface area contributed by atoms with Gasteiger partial charge in [0, 0.05) is 17.6 Å². The van der Waals surface area contributed by atoms with E-state index in [1.165, 1.54) is 49.0 Å². The summed E-state index contributed by atoms with van der Waals surface area (Å²) in [4.78, 5) is 0. The molecule has 6 aromatic carbocycles. The number of hydrogen-bond donors (Lipinski definition) is 0. The zero-order valence-corrected chi connectivity index (χ0v) is 24.5. The molecule has 200 valence electrons. The van der Waals surface area contributed by atoms with Crippen LogP contribution in [-0.4, -0.2) is 12.3 Å². The van der Waals surface area contributed by atoms with Gasteiger partial charge in [-0.3, -0.25) is 0 Å². The minimum Gasteiger partial charge on any atom is -0.319 e. The normalized spacial score (nSPS) is 11.9. The van der Waals surface area contributed by atoms with E-state index in [0.29, 0.717) is 0 Å². The van der Waals surface area contributed by atoms with Crippen molar-refractivity contribution in [3.05, 3.63) is 115 Å². The Hall–Kier alpha value is -3.67. The van der Waals surface area contributed by atoms with Gasteiger partial charge in [-0.1, -0.05) is 130 Å². The van der Waals surface area contributed by atoms with E-state index in [2.05, 4.69) is 129 Å². The molecule has 0 amide bonds. The van der Waals surface area contributed by atoms with E-state index in [9.17, 15) is 4.57 Å². The minimum absolute atomic E-state index is 0.801. The maximum absolute atomic E-state index is 14.4. The van der Waals surface area contributed by atoms with Crippen molar-refractivity contribution in [2.75, 3.05) is 12.3 Å². The van der Waals surface area contributed by atoms with Gasteiger partial charge in [0.15, 0.2) is 0 Å². The van der Waals surface area contributed by atoms with Crippen molar-refractivity contribution in [2.24, 2.45) is 0 Å². The van der Waals surface area contributed by atoms with E-state index in [1.54, 1.807) is 0 Å². The van der Waals surface area contributed by atoms with Crippen molar-refractivity contribution in [1.29, 1.82) is 0 Å². The summed E-state index contributed by atoms with van der Waals surface area (Å²) in [6, 6.07) is 41.7. The molecule has 0 aliphatic carbocycles. The molecule has 0 fully saturated rings. The largest absolute Gasteiger partial charge is 0.319 e. The highest BCUT2D eigenvalue weighted by molar-refractivity contribution is 7.71. The molecule has 0 radical (unpaired) electrons. The minimum atomic E-state index is -2.45. The standard InChI is InChI=1S/C38H37OP/c1-3-5-24-40(39,25-6-4-2)32-17-13-16-30(27-32)37-33-18-9-11-20-35(33)38(36-21-12-10-19-34(36)37)31-23-22-28-14-7-8-15-29(28)26-31/h7-23,26-27H,3-6,24-25H2,1-2H3. The first-order valence-corrected chi connectivity index (χ1v) is 16.8. The zero-order valence-electron chi connectivity index (χ0n) is 23.6. The fraction of sp³-hybridized carbons (Fsp3) is 0.211. The highest BCUT2D eigenvalue weighted by Crippen LogP contribution is 2.48. The molecule has 1 nitrogen and oxygen atoms in total. The van der Waals surface area contributed by atoms with Crippen molar-refractivity contribution in [2.45, 2.75) is 39.5 Å². The van der Waals surface area contributed by atoms with Crippen LogP contribution in [0, 0.1) is 0 Å². The van der Waals surface area contributed by atoms with E-state index in [0.717, 1.165) is 48.9 Å². The number of fused-ring (bicyclic) bond motifs is 3. The Balaban J connectivity index is 1.61. The van der Waals surface area contributed by atoms with Gasteiger partial charge < -0.3 is 4.57 Å². The SMILES string of the molecule is CCCCP(=O)(CCCC)c1cccc(-c2c3ccccc3c(-c3ccc4ccccc4c3)c3ccccc23)c1. The summed E-state index contributed by atoms with van der Waals surface area (Å²) in [5, 5.41) is 8.51. The predicted octanol–water partition coefficient (Wildman–Crippen LogP) is 11.1. The third kappa shape index (κ3) is 4.89. The van der Waals surface area contributed by atoms with Crippen molar-refractivity contribution in [3.8, 4) is 22.3 Å². The lowest BCUT2D eigenvalue weighted by atomic mass is 9.85. The van der Waals surface area contributed by atoms with Crippen LogP contribution in [0.25, 0.3) is 54.6 Å². The Morgan fingerprint density at radius 2 is 1.00 bits per heavy atom. The monoisotopic (exact) mass is 540 g/mol. The average molecular weight is 541 g/mol. The van der Waals surface area contributed by atoms with Crippen LogP contribution in [0.4, 0.5) is 0 Å². The van der Waals surface area contributed by atoms with Crippen LogP contribution in [0.1, 0.15) is 39.5 Å². The number of hydrogen-bond acceptors (Lipinski definition) is 1. The lowest BCUT2D eigenvalue weighted by molar-refractivity contribution is 0.576. The highest BCUT2D eigenvalue weighted by Gasteiger charge is 2.25. The van der Waals surface area contributed by atoms with E-state index >= 15 is 0 Å². The summed E-state index contributed by atoms with van der Waals surface area (Å²) in [7, 11) is -2.45. The molecule has 2 heteroatoms. The second-order valence-electron chi connectivity index (χ2n) is 11.0. The predicted molar refractivity (Wildman–Crippen MR) is 177 cm³/mol. The number of benzene rings is 6. The Kier molecular flexibility index (Phi) is 7.59. The first-order chi connectivity index (χ1) is 19.6. The lowest BCUT2D eigenvalue weighted by Crippen LogP contribution is -2.11. The third-order valence-corrected chi connectivity index (χ3v) is 11.6. The molecule has 6 aromatic rings. The van der Waals surface area contributed by atoms with Crippen LogP contribution < -0.4 is 5.30 Å². The average Bonchev–Trinajstić information content (AvgIpc) is 3.01. The van der Waals surface area contributed by atoms with Gasteiger partial charge in [0.25, 0.3) is 0 Å². The van der Waals surface area contributed by atoms with Crippen LogP contribution in [0.2, 0.25) is 0 Å². The van der Waals surface area contributed by atoms with Crippen LogP contribution in [-0.2, 0) is 4.57 Å².